The lowest BCUT2D eigenvalue weighted by atomic mass is 10.0. The molecule has 1 N–H and O–H groups in total. The van der Waals surface area contributed by atoms with E-state index < -0.39 is 0 Å². The Morgan fingerprint density at radius 2 is 2.24 bits per heavy atom. The molecule has 1 saturated heterocycles. The number of nitrogens with zero attached hydrogens (tertiary/aromatic N) is 5. The average Bonchev–Trinajstić information content (AvgIpc) is 3.11. The van der Waals surface area contributed by atoms with Crippen molar-refractivity contribution < 1.29 is 9.53 Å². The van der Waals surface area contributed by atoms with Gasteiger partial charge in [0.1, 0.15) is 18.0 Å². The number of urea groups is 1. The van der Waals surface area contributed by atoms with Gasteiger partial charge in [0.05, 0.1) is 18.3 Å². The number of rotatable bonds is 5. The Morgan fingerprint density at radius 1 is 1.36 bits per heavy atom. The third kappa shape index (κ3) is 3.96. The first-order valence-electron chi connectivity index (χ1n) is 8.61. The molecule has 0 aliphatic carbocycles. The molecule has 3 heterocycles. The van der Waals surface area contributed by atoms with Crippen LogP contribution in [0.15, 0.2) is 24.8 Å². The highest BCUT2D eigenvalue weighted by molar-refractivity contribution is 5.88. The summed E-state index contributed by atoms with van der Waals surface area (Å²) < 4.78 is 7.17. The molecule has 1 aliphatic heterocycles. The summed E-state index contributed by atoms with van der Waals surface area (Å²) in [6.07, 6.45) is 8.20. The summed E-state index contributed by atoms with van der Waals surface area (Å²) in [6, 6.07) is 1.56. The predicted molar refractivity (Wildman–Crippen MR) is 93.0 cm³/mol. The van der Waals surface area contributed by atoms with Gasteiger partial charge in [0.2, 0.25) is 0 Å². The van der Waals surface area contributed by atoms with Crippen molar-refractivity contribution >= 4 is 11.8 Å². The lowest BCUT2D eigenvalue weighted by Crippen LogP contribution is -2.42. The van der Waals surface area contributed by atoms with Crippen LogP contribution in [0.5, 0.6) is 0 Å². The number of imidazole rings is 1. The van der Waals surface area contributed by atoms with Gasteiger partial charge in [0.25, 0.3) is 0 Å². The Hall–Kier alpha value is -2.48. The van der Waals surface area contributed by atoms with E-state index in [9.17, 15) is 4.79 Å². The van der Waals surface area contributed by atoms with Gasteiger partial charge in [-0.15, -0.1) is 0 Å². The van der Waals surface area contributed by atoms with Crippen molar-refractivity contribution in [2.45, 2.75) is 45.4 Å². The van der Waals surface area contributed by atoms with E-state index in [1.54, 1.807) is 19.4 Å². The first-order valence-corrected chi connectivity index (χ1v) is 8.61. The maximum Gasteiger partial charge on any atom is 0.323 e. The van der Waals surface area contributed by atoms with Crippen molar-refractivity contribution in [3.63, 3.8) is 0 Å². The standard InChI is InChI=1S/C17H24N6O2/c1-3-22-9-7-18-16(22)14-6-4-5-8-23(14)17(24)21-15-10-13(11-25-2)19-12-20-15/h7,9-10,12,14H,3-6,8,11H2,1-2H3,(H,19,20,21,24)/t14-/m1/s1. The second-order valence-corrected chi connectivity index (χ2v) is 6.03. The smallest absolute Gasteiger partial charge is 0.323 e. The number of hydrogen-bond donors (Lipinski definition) is 1. The highest BCUT2D eigenvalue weighted by Crippen LogP contribution is 2.30. The third-order valence-electron chi connectivity index (χ3n) is 4.40. The van der Waals surface area contributed by atoms with Crippen molar-refractivity contribution in [1.82, 2.24) is 24.4 Å². The Morgan fingerprint density at radius 3 is 3.04 bits per heavy atom. The number of carbonyl (C=O) groups excluding carboxylic acids is 1. The van der Waals surface area contributed by atoms with Crippen LogP contribution < -0.4 is 5.32 Å². The molecule has 3 rings (SSSR count). The van der Waals surface area contributed by atoms with Crippen LogP contribution in [0.4, 0.5) is 10.6 Å². The molecule has 25 heavy (non-hydrogen) atoms. The van der Waals surface area contributed by atoms with Gasteiger partial charge >= 0.3 is 6.03 Å². The number of amides is 2. The molecule has 2 aromatic heterocycles. The SMILES string of the molecule is CCn1ccnc1[C@H]1CCCCN1C(=O)Nc1cc(COC)ncn1. The number of likely N-dealkylation sites (tertiary alicyclic amines) is 1. The Bertz CT molecular complexity index is 717. The number of ether oxygens (including phenoxy) is 1. The highest BCUT2D eigenvalue weighted by Gasteiger charge is 2.31. The van der Waals surface area contributed by atoms with E-state index in [1.807, 2.05) is 11.1 Å². The molecule has 0 bridgehead atoms. The molecule has 1 atom stereocenters. The number of piperidine rings is 1. The normalized spacial score (nSPS) is 17.5. The maximum atomic E-state index is 12.8. The van der Waals surface area contributed by atoms with Gasteiger partial charge in [0, 0.05) is 38.7 Å². The third-order valence-corrected chi connectivity index (χ3v) is 4.40. The fourth-order valence-electron chi connectivity index (χ4n) is 3.20. The topological polar surface area (TPSA) is 85.2 Å². The molecule has 1 aliphatic rings. The van der Waals surface area contributed by atoms with Gasteiger partial charge < -0.3 is 14.2 Å². The molecule has 0 aromatic carbocycles. The zero-order valence-corrected chi connectivity index (χ0v) is 14.7. The second-order valence-electron chi connectivity index (χ2n) is 6.03. The number of carbonyl (C=O) groups is 1. The lowest BCUT2D eigenvalue weighted by Gasteiger charge is -2.35. The van der Waals surface area contributed by atoms with E-state index in [2.05, 4.69) is 31.8 Å². The number of anilines is 1. The van der Waals surface area contributed by atoms with Gasteiger partial charge in [-0.05, 0) is 26.2 Å². The number of nitrogens with one attached hydrogen (secondary N) is 1. The summed E-state index contributed by atoms with van der Waals surface area (Å²) in [5.41, 5.74) is 0.726. The summed E-state index contributed by atoms with van der Waals surface area (Å²) in [5, 5.41) is 2.88. The van der Waals surface area contributed by atoms with Crippen LogP contribution in [0.1, 0.15) is 43.7 Å². The molecule has 0 spiro atoms. The minimum atomic E-state index is -0.155. The zero-order valence-electron chi connectivity index (χ0n) is 14.7. The monoisotopic (exact) mass is 344 g/mol. The van der Waals surface area contributed by atoms with Gasteiger partial charge in [-0.1, -0.05) is 0 Å². The van der Waals surface area contributed by atoms with Crippen molar-refractivity contribution in [2.24, 2.45) is 0 Å². The molecule has 8 heteroatoms. The summed E-state index contributed by atoms with van der Waals surface area (Å²) >= 11 is 0. The maximum absolute atomic E-state index is 12.8. The van der Waals surface area contributed by atoms with E-state index in [1.165, 1.54) is 6.33 Å². The van der Waals surface area contributed by atoms with E-state index in [0.29, 0.717) is 19.0 Å². The number of hydrogen-bond acceptors (Lipinski definition) is 5. The van der Waals surface area contributed by atoms with Crippen LogP contribution in [0.2, 0.25) is 0 Å². The highest BCUT2D eigenvalue weighted by atomic mass is 16.5. The zero-order chi connectivity index (χ0) is 17.6. The van der Waals surface area contributed by atoms with E-state index in [0.717, 1.165) is 37.3 Å². The Labute approximate surface area is 147 Å². The van der Waals surface area contributed by atoms with Crippen LogP contribution >= 0.6 is 0 Å². The minimum Gasteiger partial charge on any atom is -0.378 e. The van der Waals surface area contributed by atoms with Crippen molar-refractivity contribution in [3.8, 4) is 0 Å². The molecule has 0 radical (unpaired) electrons. The van der Waals surface area contributed by atoms with Gasteiger partial charge in [-0.3, -0.25) is 5.32 Å². The summed E-state index contributed by atoms with van der Waals surface area (Å²) in [6.45, 7) is 4.01. The summed E-state index contributed by atoms with van der Waals surface area (Å²) in [5.74, 6) is 1.43. The Balaban J connectivity index is 1.76. The quantitative estimate of drug-likeness (QED) is 0.901. The fraction of sp³-hybridized carbons (Fsp3) is 0.529. The van der Waals surface area contributed by atoms with Crippen molar-refractivity contribution in [1.29, 1.82) is 0 Å². The number of aromatic nitrogens is 4. The van der Waals surface area contributed by atoms with Crippen LogP contribution in [-0.4, -0.2) is 44.1 Å². The number of methoxy groups -OCH3 is 1. The minimum absolute atomic E-state index is 0.0102. The van der Waals surface area contributed by atoms with Gasteiger partial charge in [-0.25, -0.2) is 19.7 Å². The molecule has 8 nitrogen and oxygen atoms in total. The predicted octanol–water partition coefficient (Wildman–Crippen LogP) is 2.60. The van der Waals surface area contributed by atoms with Crippen LogP contribution in [0, 0.1) is 0 Å². The molecule has 2 aromatic rings. The molecule has 0 saturated carbocycles. The molecular formula is C17H24N6O2. The fourth-order valence-corrected chi connectivity index (χ4v) is 3.20. The van der Waals surface area contributed by atoms with E-state index in [4.69, 9.17) is 4.74 Å². The first-order chi connectivity index (χ1) is 12.2. The lowest BCUT2D eigenvalue weighted by molar-refractivity contribution is 0.157. The van der Waals surface area contributed by atoms with E-state index >= 15 is 0 Å². The van der Waals surface area contributed by atoms with Gasteiger partial charge in [0.15, 0.2) is 0 Å². The van der Waals surface area contributed by atoms with Crippen LogP contribution in [0.3, 0.4) is 0 Å². The first kappa shape index (κ1) is 17.3. The molecule has 2 amide bonds. The van der Waals surface area contributed by atoms with Crippen molar-refractivity contribution in [3.05, 3.63) is 36.3 Å². The average molecular weight is 344 g/mol. The molecule has 134 valence electrons. The summed E-state index contributed by atoms with van der Waals surface area (Å²) in [4.78, 5) is 27.4. The largest absolute Gasteiger partial charge is 0.378 e. The molecule has 0 unspecified atom stereocenters. The van der Waals surface area contributed by atoms with Crippen molar-refractivity contribution in [2.75, 3.05) is 19.0 Å². The molecule has 1 fully saturated rings. The van der Waals surface area contributed by atoms with Gasteiger partial charge in [-0.2, -0.15) is 0 Å². The number of aryl methyl sites for hydroxylation is 1. The van der Waals surface area contributed by atoms with Crippen LogP contribution in [0.25, 0.3) is 0 Å². The Kier molecular flexibility index (Phi) is 5.60. The summed E-state index contributed by atoms with van der Waals surface area (Å²) in [7, 11) is 1.61. The molecular weight excluding hydrogens is 320 g/mol. The second kappa shape index (κ2) is 8.06. The van der Waals surface area contributed by atoms with E-state index in [-0.39, 0.29) is 12.1 Å². The van der Waals surface area contributed by atoms with Crippen LogP contribution in [-0.2, 0) is 17.9 Å².